The normalized spacial score (nSPS) is 32.1. The van der Waals surface area contributed by atoms with Crippen molar-refractivity contribution in [2.24, 2.45) is 0 Å². The molecule has 21 heavy (non-hydrogen) atoms. The summed E-state index contributed by atoms with van der Waals surface area (Å²) in [5.41, 5.74) is 0. The molecule has 0 aromatic rings. The van der Waals surface area contributed by atoms with E-state index in [2.05, 4.69) is 5.32 Å². The van der Waals surface area contributed by atoms with Crippen molar-refractivity contribution in [1.82, 2.24) is 5.32 Å². The summed E-state index contributed by atoms with van der Waals surface area (Å²) in [4.78, 5) is 12.2. The summed E-state index contributed by atoms with van der Waals surface area (Å²) < 4.78 is 35.2. The highest BCUT2D eigenvalue weighted by molar-refractivity contribution is 7.92. The molecule has 3 aliphatic rings. The lowest BCUT2D eigenvalue weighted by molar-refractivity contribution is -0.180. The van der Waals surface area contributed by atoms with Gasteiger partial charge in [0, 0.05) is 18.9 Å². The topological polar surface area (TPSA) is 81.7 Å². The van der Waals surface area contributed by atoms with Crippen LogP contribution in [0, 0.1) is 0 Å². The van der Waals surface area contributed by atoms with Crippen LogP contribution in [0.2, 0.25) is 0 Å². The SMILES string of the molecule is O=C(NC1CCC2(CC1)OCCO2)C1CCCCS1(=O)=O. The van der Waals surface area contributed by atoms with E-state index in [1.807, 2.05) is 0 Å². The van der Waals surface area contributed by atoms with Crippen LogP contribution in [0.5, 0.6) is 0 Å². The Morgan fingerprint density at radius 1 is 1.05 bits per heavy atom. The number of carbonyl (C=O) groups is 1. The second-order valence-electron chi connectivity index (χ2n) is 6.24. The molecule has 1 saturated carbocycles. The Hall–Kier alpha value is -0.660. The van der Waals surface area contributed by atoms with Crippen molar-refractivity contribution in [3.05, 3.63) is 0 Å². The van der Waals surface area contributed by atoms with Gasteiger partial charge in [-0.05, 0) is 25.7 Å². The van der Waals surface area contributed by atoms with Crippen molar-refractivity contribution in [1.29, 1.82) is 0 Å². The molecular weight excluding hydrogens is 294 g/mol. The third-order valence-electron chi connectivity index (χ3n) is 4.78. The number of hydrogen-bond donors (Lipinski definition) is 1. The van der Waals surface area contributed by atoms with E-state index in [0.29, 0.717) is 26.1 Å². The fraction of sp³-hybridized carbons (Fsp3) is 0.929. The number of hydrogen-bond acceptors (Lipinski definition) is 5. The van der Waals surface area contributed by atoms with E-state index in [-0.39, 0.29) is 17.7 Å². The fourth-order valence-electron chi connectivity index (χ4n) is 3.53. The highest BCUT2D eigenvalue weighted by atomic mass is 32.2. The number of rotatable bonds is 2. The summed E-state index contributed by atoms with van der Waals surface area (Å²) in [6, 6.07) is 0.0352. The molecule has 1 atom stereocenters. The van der Waals surface area contributed by atoms with Gasteiger partial charge in [-0.15, -0.1) is 0 Å². The lowest BCUT2D eigenvalue weighted by Gasteiger charge is -2.36. The molecule has 120 valence electrons. The summed E-state index contributed by atoms with van der Waals surface area (Å²) in [5, 5.41) is 2.08. The molecule has 2 saturated heterocycles. The van der Waals surface area contributed by atoms with Crippen molar-refractivity contribution in [2.75, 3.05) is 19.0 Å². The lowest BCUT2D eigenvalue weighted by Crippen LogP contribution is -2.49. The first kappa shape index (κ1) is 15.2. The third-order valence-corrected chi connectivity index (χ3v) is 6.95. The van der Waals surface area contributed by atoms with Crippen LogP contribution >= 0.6 is 0 Å². The maximum atomic E-state index is 12.2. The molecule has 3 fully saturated rings. The number of amides is 1. The largest absolute Gasteiger partial charge is 0.352 e. The lowest BCUT2D eigenvalue weighted by atomic mass is 9.90. The average molecular weight is 317 g/mol. The molecule has 3 rings (SSSR count). The van der Waals surface area contributed by atoms with Gasteiger partial charge >= 0.3 is 0 Å². The van der Waals surface area contributed by atoms with E-state index in [0.717, 1.165) is 32.1 Å². The Balaban J connectivity index is 1.54. The standard InChI is InChI=1S/C14H23NO5S/c16-13(12-3-1-2-10-21(12,17)18)15-11-4-6-14(7-5-11)19-8-9-20-14/h11-12H,1-10H2,(H,15,16). The maximum absolute atomic E-state index is 12.2. The van der Waals surface area contributed by atoms with Crippen LogP contribution < -0.4 is 5.32 Å². The van der Waals surface area contributed by atoms with Gasteiger partial charge in [0.2, 0.25) is 5.91 Å². The van der Waals surface area contributed by atoms with Crippen LogP contribution in [0.1, 0.15) is 44.9 Å². The van der Waals surface area contributed by atoms with Gasteiger partial charge in [0.1, 0.15) is 5.25 Å². The van der Waals surface area contributed by atoms with Gasteiger partial charge in [0.05, 0.1) is 19.0 Å². The minimum Gasteiger partial charge on any atom is -0.352 e. The number of nitrogens with one attached hydrogen (secondary N) is 1. The van der Waals surface area contributed by atoms with Gasteiger partial charge in [-0.2, -0.15) is 0 Å². The first-order chi connectivity index (χ1) is 10.0. The van der Waals surface area contributed by atoms with Gasteiger partial charge in [-0.1, -0.05) is 6.42 Å². The Morgan fingerprint density at radius 2 is 1.71 bits per heavy atom. The van der Waals surface area contributed by atoms with Gasteiger partial charge < -0.3 is 14.8 Å². The molecule has 0 aromatic heterocycles. The molecule has 1 amide bonds. The smallest absolute Gasteiger partial charge is 0.238 e. The maximum Gasteiger partial charge on any atom is 0.238 e. The molecule has 6 nitrogen and oxygen atoms in total. The van der Waals surface area contributed by atoms with Crippen molar-refractivity contribution >= 4 is 15.7 Å². The molecule has 0 bridgehead atoms. The van der Waals surface area contributed by atoms with Crippen molar-refractivity contribution in [2.45, 2.75) is 62.0 Å². The van der Waals surface area contributed by atoms with Crippen molar-refractivity contribution in [3.63, 3.8) is 0 Å². The Kier molecular flexibility index (Phi) is 4.25. The molecular formula is C14H23NO5S. The van der Waals surface area contributed by atoms with Crippen molar-refractivity contribution in [3.8, 4) is 0 Å². The zero-order valence-electron chi connectivity index (χ0n) is 12.2. The van der Waals surface area contributed by atoms with Crippen molar-refractivity contribution < 1.29 is 22.7 Å². The number of sulfone groups is 1. The minimum atomic E-state index is -3.26. The molecule has 1 N–H and O–H groups in total. The van der Waals surface area contributed by atoms with Crippen LogP contribution in [0.4, 0.5) is 0 Å². The van der Waals surface area contributed by atoms with Crippen LogP contribution in [0.15, 0.2) is 0 Å². The highest BCUT2D eigenvalue weighted by Gasteiger charge is 2.42. The Bertz CT molecular complexity index is 487. The van der Waals surface area contributed by atoms with Crippen LogP contribution in [0.25, 0.3) is 0 Å². The molecule has 1 unspecified atom stereocenters. The van der Waals surface area contributed by atoms with E-state index in [1.165, 1.54) is 0 Å². The predicted molar refractivity (Wildman–Crippen MR) is 76.5 cm³/mol. The first-order valence-electron chi connectivity index (χ1n) is 7.81. The fourth-order valence-corrected chi connectivity index (χ4v) is 5.34. The second-order valence-corrected chi connectivity index (χ2v) is 8.54. The molecule has 1 spiro atoms. The predicted octanol–water partition coefficient (Wildman–Crippen LogP) is 0.756. The quantitative estimate of drug-likeness (QED) is 0.813. The third kappa shape index (κ3) is 3.24. The number of ether oxygens (including phenoxy) is 2. The van der Waals surface area contributed by atoms with Gasteiger partial charge in [0.15, 0.2) is 15.6 Å². The summed E-state index contributed by atoms with van der Waals surface area (Å²) in [5.74, 6) is -0.623. The summed E-state index contributed by atoms with van der Waals surface area (Å²) >= 11 is 0. The molecule has 0 radical (unpaired) electrons. The van der Waals surface area contributed by atoms with Gasteiger partial charge in [-0.25, -0.2) is 8.42 Å². The zero-order chi connectivity index (χ0) is 14.9. The molecule has 2 heterocycles. The Morgan fingerprint density at radius 3 is 2.33 bits per heavy atom. The molecule has 0 aromatic carbocycles. The number of carbonyl (C=O) groups excluding carboxylic acids is 1. The van der Waals surface area contributed by atoms with E-state index in [1.54, 1.807) is 0 Å². The van der Waals surface area contributed by atoms with E-state index in [9.17, 15) is 13.2 Å². The van der Waals surface area contributed by atoms with E-state index >= 15 is 0 Å². The summed E-state index contributed by atoms with van der Waals surface area (Å²) in [6.45, 7) is 1.27. The highest BCUT2D eigenvalue weighted by Crippen LogP contribution is 2.35. The summed E-state index contributed by atoms with van der Waals surface area (Å²) in [6.07, 6.45) is 5.01. The summed E-state index contributed by atoms with van der Waals surface area (Å²) in [7, 11) is -3.26. The zero-order valence-corrected chi connectivity index (χ0v) is 13.0. The second kappa shape index (κ2) is 5.85. The van der Waals surface area contributed by atoms with Crippen LogP contribution in [0.3, 0.4) is 0 Å². The average Bonchev–Trinajstić information content (AvgIpc) is 2.89. The van der Waals surface area contributed by atoms with Gasteiger partial charge in [0.25, 0.3) is 0 Å². The molecule has 1 aliphatic carbocycles. The minimum absolute atomic E-state index is 0.0352. The van der Waals surface area contributed by atoms with Crippen LogP contribution in [-0.2, 0) is 24.1 Å². The van der Waals surface area contributed by atoms with Gasteiger partial charge in [-0.3, -0.25) is 4.79 Å². The monoisotopic (exact) mass is 317 g/mol. The molecule has 2 aliphatic heterocycles. The van der Waals surface area contributed by atoms with E-state index in [4.69, 9.17) is 9.47 Å². The Labute approximate surface area is 125 Å². The van der Waals surface area contributed by atoms with Crippen LogP contribution in [-0.4, -0.2) is 50.4 Å². The first-order valence-corrected chi connectivity index (χ1v) is 9.52. The molecule has 7 heteroatoms. The van der Waals surface area contributed by atoms with E-state index < -0.39 is 20.9 Å².